The summed E-state index contributed by atoms with van der Waals surface area (Å²) in [6, 6.07) is 15.8. The van der Waals surface area contributed by atoms with Crippen LogP contribution in [-0.4, -0.2) is 6.10 Å². The van der Waals surface area contributed by atoms with Gasteiger partial charge in [-0.3, -0.25) is 0 Å². The minimum absolute atomic E-state index is 0.118. The maximum atomic E-state index is 5.94. The smallest absolute Gasteiger partial charge is 0.127 e. The van der Waals surface area contributed by atoms with Crippen molar-refractivity contribution in [2.24, 2.45) is 0 Å². The minimum atomic E-state index is 0.118. The topological polar surface area (TPSA) is 18.5 Å². The lowest BCUT2D eigenvalue weighted by Gasteiger charge is -2.17. The first-order chi connectivity index (χ1) is 10.7. The maximum Gasteiger partial charge on any atom is 0.127 e. The molecule has 1 atom stereocenters. The summed E-state index contributed by atoms with van der Waals surface area (Å²) in [4.78, 5) is 0. The van der Waals surface area contributed by atoms with Gasteiger partial charge in [0.1, 0.15) is 23.4 Å². The normalized spacial score (nSPS) is 17.0. The molecule has 0 saturated heterocycles. The molecular formula is C20H20O2. The Bertz CT molecular complexity index is 679. The highest BCUT2D eigenvalue weighted by atomic mass is 16.5. The lowest BCUT2D eigenvalue weighted by atomic mass is 10.1. The van der Waals surface area contributed by atoms with Crippen molar-refractivity contribution in [1.82, 2.24) is 0 Å². The number of allylic oxidation sites excluding steroid dienone is 2. The summed E-state index contributed by atoms with van der Waals surface area (Å²) in [5, 5.41) is 0. The average Bonchev–Trinajstić information content (AvgIpc) is 2.54. The molecule has 0 aromatic heterocycles. The first-order valence-corrected chi connectivity index (χ1v) is 7.55. The Morgan fingerprint density at radius 2 is 1.41 bits per heavy atom. The summed E-state index contributed by atoms with van der Waals surface area (Å²) < 4.78 is 11.8. The van der Waals surface area contributed by atoms with Crippen LogP contribution >= 0.6 is 0 Å². The summed E-state index contributed by atoms with van der Waals surface area (Å²) in [6.45, 7) is 4.16. The van der Waals surface area contributed by atoms with Crippen LogP contribution in [-0.2, 0) is 0 Å². The van der Waals surface area contributed by atoms with Crippen LogP contribution in [0.15, 0.2) is 72.3 Å². The molecule has 0 radical (unpaired) electrons. The van der Waals surface area contributed by atoms with Gasteiger partial charge in [0.05, 0.1) is 0 Å². The molecule has 3 rings (SSSR count). The highest BCUT2D eigenvalue weighted by Crippen LogP contribution is 2.25. The molecular weight excluding hydrogens is 272 g/mol. The second-order valence-electron chi connectivity index (χ2n) is 5.59. The van der Waals surface area contributed by atoms with E-state index in [1.165, 1.54) is 11.1 Å². The van der Waals surface area contributed by atoms with Crippen LogP contribution in [0.4, 0.5) is 0 Å². The fraction of sp³-hybridized carbons (Fsp3) is 0.200. The summed E-state index contributed by atoms with van der Waals surface area (Å²) in [7, 11) is 0. The molecule has 0 fully saturated rings. The Labute approximate surface area is 131 Å². The van der Waals surface area contributed by atoms with E-state index in [9.17, 15) is 0 Å². The zero-order chi connectivity index (χ0) is 15.4. The minimum Gasteiger partial charge on any atom is -0.486 e. The second kappa shape index (κ2) is 6.52. The van der Waals surface area contributed by atoms with Crippen molar-refractivity contribution in [3.8, 4) is 17.2 Å². The van der Waals surface area contributed by atoms with Gasteiger partial charge in [-0.05, 0) is 56.3 Å². The number of hydrogen-bond acceptors (Lipinski definition) is 2. The first-order valence-electron chi connectivity index (χ1n) is 7.55. The fourth-order valence-corrected chi connectivity index (χ4v) is 2.30. The first kappa shape index (κ1) is 14.5. The molecule has 0 aliphatic heterocycles. The molecule has 1 aliphatic rings. The third-order valence-corrected chi connectivity index (χ3v) is 3.61. The Morgan fingerprint density at radius 1 is 0.818 bits per heavy atom. The number of hydrogen-bond donors (Lipinski definition) is 0. The number of ether oxygens (including phenoxy) is 2. The van der Waals surface area contributed by atoms with Crippen molar-refractivity contribution >= 4 is 0 Å². The van der Waals surface area contributed by atoms with E-state index in [1.54, 1.807) is 0 Å². The number of rotatable bonds is 4. The lowest BCUT2D eigenvalue weighted by Crippen LogP contribution is -2.14. The van der Waals surface area contributed by atoms with Crippen molar-refractivity contribution in [2.45, 2.75) is 26.4 Å². The van der Waals surface area contributed by atoms with Gasteiger partial charge >= 0.3 is 0 Å². The number of aryl methyl sites for hydroxylation is 1. The van der Waals surface area contributed by atoms with Gasteiger partial charge in [-0.1, -0.05) is 35.4 Å². The Hall–Kier alpha value is -2.48. The van der Waals surface area contributed by atoms with E-state index in [4.69, 9.17) is 9.47 Å². The highest BCUT2D eigenvalue weighted by Gasteiger charge is 2.08. The molecule has 0 heterocycles. The van der Waals surface area contributed by atoms with Gasteiger partial charge in [0.25, 0.3) is 0 Å². The van der Waals surface area contributed by atoms with Crippen molar-refractivity contribution in [2.75, 3.05) is 0 Å². The molecule has 0 saturated carbocycles. The molecule has 112 valence electrons. The van der Waals surface area contributed by atoms with Crippen LogP contribution in [0, 0.1) is 6.92 Å². The Kier molecular flexibility index (Phi) is 4.29. The molecule has 2 aromatic rings. The molecule has 0 N–H and O–H groups in total. The molecule has 0 amide bonds. The predicted octanol–water partition coefficient (Wildman–Crippen LogP) is 5.44. The van der Waals surface area contributed by atoms with Gasteiger partial charge in [0, 0.05) is 6.42 Å². The van der Waals surface area contributed by atoms with Gasteiger partial charge in [-0.2, -0.15) is 0 Å². The van der Waals surface area contributed by atoms with E-state index in [1.807, 2.05) is 48.5 Å². The predicted molar refractivity (Wildman–Crippen MR) is 89.6 cm³/mol. The molecule has 2 heteroatoms. The standard InChI is InChI=1S/C20H20O2/c1-15-3-7-17(8-4-15)21-19-11-13-20(14-12-19)22-18-9-5-16(2)6-10-18/h3-9,11-14,18H,10H2,1-2H3. The lowest BCUT2D eigenvalue weighted by molar-refractivity contribution is 0.251. The van der Waals surface area contributed by atoms with Crippen LogP contribution in [0.3, 0.4) is 0 Å². The molecule has 0 bridgehead atoms. The zero-order valence-electron chi connectivity index (χ0n) is 13.0. The molecule has 22 heavy (non-hydrogen) atoms. The monoisotopic (exact) mass is 292 g/mol. The largest absolute Gasteiger partial charge is 0.486 e. The van der Waals surface area contributed by atoms with Gasteiger partial charge in [-0.25, -0.2) is 0 Å². The average molecular weight is 292 g/mol. The van der Waals surface area contributed by atoms with Crippen LogP contribution in [0.5, 0.6) is 17.2 Å². The van der Waals surface area contributed by atoms with E-state index in [-0.39, 0.29) is 6.10 Å². The van der Waals surface area contributed by atoms with E-state index in [0.29, 0.717) is 0 Å². The number of benzene rings is 2. The third-order valence-electron chi connectivity index (χ3n) is 3.61. The van der Waals surface area contributed by atoms with E-state index < -0.39 is 0 Å². The third kappa shape index (κ3) is 3.79. The Morgan fingerprint density at radius 3 is 2.00 bits per heavy atom. The van der Waals surface area contributed by atoms with E-state index in [2.05, 4.69) is 32.1 Å². The summed E-state index contributed by atoms with van der Waals surface area (Å²) in [6.07, 6.45) is 7.44. The van der Waals surface area contributed by atoms with Crippen molar-refractivity contribution in [3.63, 3.8) is 0 Å². The maximum absolute atomic E-state index is 5.94. The van der Waals surface area contributed by atoms with Crippen LogP contribution in [0.25, 0.3) is 0 Å². The quantitative estimate of drug-likeness (QED) is 0.747. The van der Waals surface area contributed by atoms with Crippen LogP contribution in [0.1, 0.15) is 18.9 Å². The van der Waals surface area contributed by atoms with Crippen molar-refractivity contribution in [1.29, 1.82) is 0 Å². The van der Waals surface area contributed by atoms with Crippen molar-refractivity contribution < 1.29 is 9.47 Å². The Balaban J connectivity index is 1.60. The van der Waals surface area contributed by atoms with Gasteiger partial charge in [0.2, 0.25) is 0 Å². The van der Waals surface area contributed by atoms with E-state index >= 15 is 0 Å². The molecule has 0 spiro atoms. The molecule has 1 aliphatic carbocycles. The summed E-state index contributed by atoms with van der Waals surface area (Å²) in [5.74, 6) is 2.51. The SMILES string of the molecule is CC1=CCC(Oc2ccc(Oc3ccc(C)cc3)cc2)C=C1. The van der Waals surface area contributed by atoms with Crippen molar-refractivity contribution in [3.05, 3.63) is 77.9 Å². The van der Waals surface area contributed by atoms with Crippen LogP contribution < -0.4 is 9.47 Å². The summed E-state index contributed by atoms with van der Waals surface area (Å²) >= 11 is 0. The summed E-state index contributed by atoms with van der Waals surface area (Å²) in [5.41, 5.74) is 2.52. The fourth-order valence-electron chi connectivity index (χ4n) is 2.30. The van der Waals surface area contributed by atoms with Gasteiger partial charge in [-0.15, -0.1) is 0 Å². The molecule has 2 nitrogen and oxygen atoms in total. The van der Waals surface area contributed by atoms with E-state index in [0.717, 1.165) is 23.7 Å². The van der Waals surface area contributed by atoms with Crippen LogP contribution in [0.2, 0.25) is 0 Å². The molecule has 1 unspecified atom stereocenters. The van der Waals surface area contributed by atoms with Gasteiger partial charge < -0.3 is 9.47 Å². The van der Waals surface area contributed by atoms with Gasteiger partial charge in [0.15, 0.2) is 0 Å². The highest BCUT2D eigenvalue weighted by molar-refractivity contribution is 5.36. The molecule has 2 aromatic carbocycles. The zero-order valence-corrected chi connectivity index (χ0v) is 13.0. The second-order valence-corrected chi connectivity index (χ2v) is 5.59.